The van der Waals surface area contributed by atoms with Crippen molar-refractivity contribution in [2.45, 2.75) is 37.0 Å². The van der Waals surface area contributed by atoms with E-state index in [0.717, 1.165) is 4.57 Å². The Morgan fingerprint density at radius 2 is 2.22 bits per heavy atom. The summed E-state index contributed by atoms with van der Waals surface area (Å²) in [5.74, 6) is -0.0231. The molecule has 0 spiro atoms. The number of aliphatic hydroxyl groups excluding tert-OH is 1. The lowest BCUT2D eigenvalue weighted by Gasteiger charge is -2.33. The molecule has 1 aromatic heterocycles. The highest BCUT2D eigenvalue weighted by atomic mass is 16.6. The second kappa shape index (κ2) is 4.22. The number of fused-ring (bicyclic) bond motifs is 1. The summed E-state index contributed by atoms with van der Waals surface area (Å²) in [7, 11) is 0. The molecule has 0 aromatic carbocycles. The second-order valence-electron chi connectivity index (χ2n) is 6.25. The third-order valence-corrected chi connectivity index (χ3v) is 5.10. The van der Waals surface area contributed by atoms with E-state index in [1.165, 1.54) is 26.1 Å². The molecule has 3 rings (SSSR count). The van der Waals surface area contributed by atoms with Crippen LogP contribution >= 0.6 is 0 Å². The quantitative estimate of drug-likeness (QED) is 0.308. The Hall–Kier alpha value is -2.17. The van der Waals surface area contributed by atoms with Gasteiger partial charge < -0.3 is 25.8 Å². The zero-order valence-electron chi connectivity index (χ0n) is 12.4. The monoisotopic (exact) mass is 324 g/mol. The van der Waals surface area contributed by atoms with E-state index in [2.05, 4.69) is 15.0 Å². The third kappa shape index (κ3) is 1.41. The van der Waals surface area contributed by atoms with E-state index in [0.29, 0.717) is 0 Å². The lowest BCUT2D eigenvalue weighted by Crippen LogP contribution is -2.49. The Labute approximate surface area is 129 Å². The number of nitrogens with zero attached hydrogens (tertiary/aromatic N) is 5. The number of aromatic nitrogens is 2. The summed E-state index contributed by atoms with van der Waals surface area (Å²) < 4.78 is 6.39. The Morgan fingerprint density at radius 1 is 1.57 bits per heavy atom. The molecule has 0 bridgehead atoms. The topological polar surface area (TPSA) is 180 Å². The van der Waals surface area contributed by atoms with Gasteiger partial charge in [0.2, 0.25) is 5.72 Å². The van der Waals surface area contributed by atoms with Crippen LogP contribution in [0.1, 0.15) is 20.1 Å². The minimum absolute atomic E-state index is 0.0231. The standard InChI is InChI=1S/C12H16N6O5/c1-9(2)11(21)7(18-4-3-6(13)15-8(18)20)23-10(5-19,16-17-14)12(9,11)22/h3-4,7,19,21-22H,5H2,1-2H3,(H2,13,15,20)/t7-,10-,11-,12-/m1/s1. The summed E-state index contributed by atoms with van der Waals surface area (Å²) in [6.45, 7) is 2.14. The first kappa shape index (κ1) is 15.7. The van der Waals surface area contributed by atoms with Crippen molar-refractivity contribution in [1.29, 1.82) is 0 Å². The van der Waals surface area contributed by atoms with Gasteiger partial charge in [0, 0.05) is 16.5 Å². The smallest absolute Gasteiger partial charge is 0.351 e. The molecule has 11 nitrogen and oxygen atoms in total. The van der Waals surface area contributed by atoms with Crippen molar-refractivity contribution in [3.05, 3.63) is 33.2 Å². The van der Waals surface area contributed by atoms with E-state index in [1.807, 2.05) is 0 Å². The maximum absolute atomic E-state index is 12.0. The van der Waals surface area contributed by atoms with Gasteiger partial charge in [-0.3, -0.25) is 4.57 Å². The van der Waals surface area contributed by atoms with Gasteiger partial charge in [0.1, 0.15) is 11.4 Å². The Kier molecular flexibility index (Phi) is 2.88. The molecule has 2 heterocycles. The van der Waals surface area contributed by atoms with Gasteiger partial charge in [-0.1, -0.05) is 19.0 Å². The fourth-order valence-corrected chi connectivity index (χ4v) is 3.71. The molecule has 11 heteroatoms. The summed E-state index contributed by atoms with van der Waals surface area (Å²) >= 11 is 0. The minimum Gasteiger partial charge on any atom is -0.393 e. The number of aliphatic hydroxyl groups is 3. The zero-order valence-corrected chi connectivity index (χ0v) is 12.4. The average molecular weight is 324 g/mol. The van der Waals surface area contributed by atoms with Gasteiger partial charge in [-0.05, 0) is 11.6 Å². The van der Waals surface area contributed by atoms with Gasteiger partial charge in [-0.15, -0.1) is 0 Å². The minimum atomic E-state index is -2.13. The molecular weight excluding hydrogens is 308 g/mol. The number of nitrogens with two attached hydrogens (primary N) is 1. The molecule has 0 amide bonds. The first-order chi connectivity index (χ1) is 10.6. The van der Waals surface area contributed by atoms with Crippen LogP contribution in [0.25, 0.3) is 10.4 Å². The van der Waals surface area contributed by atoms with Crippen molar-refractivity contribution >= 4 is 5.82 Å². The largest absolute Gasteiger partial charge is 0.393 e. The number of rotatable bonds is 3. The first-order valence-corrected chi connectivity index (χ1v) is 6.77. The van der Waals surface area contributed by atoms with Crippen LogP contribution in [0.2, 0.25) is 0 Å². The molecule has 4 atom stereocenters. The first-order valence-electron chi connectivity index (χ1n) is 6.77. The van der Waals surface area contributed by atoms with Crippen LogP contribution in [0.3, 0.4) is 0 Å². The molecule has 1 saturated heterocycles. The van der Waals surface area contributed by atoms with Crippen molar-refractivity contribution in [2.24, 2.45) is 10.5 Å². The normalized spacial score (nSPS) is 40.3. The fourth-order valence-electron chi connectivity index (χ4n) is 3.71. The lowest BCUT2D eigenvalue weighted by molar-refractivity contribution is -0.185. The number of azide groups is 1. The van der Waals surface area contributed by atoms with Crippen LogP contribution in [-0.4, -0.2) is 48.4 Å². The summed E-state index contributed by atoms with van der Waals surface area (Å²) in [5, 5.41) is 34.9. The summed E-state index contributed by atoms with van der Waals surface area (Å²) in [6.07, 6.45) is -0.174. The molecule has 0 unspecified atom stereocenters. The van der Waals surface area contributed by atoms with E-state index >= 15 is 0 Å². The highest BCUT2D eigenvalue weighted by Gasteiger charge is 2.97. The molecule has 2 fully saturated rings. The van der Waals surface area contributed by atoms with Gasteiger partial charge >= 0.3 is 5.69 Å². The van der Waals surface area contributed by atoms with Crippen LogP contribution in [0.5, 0.6) is 0 Å². The van der Waals surface area contributed by atoms with Gasteiger partial charge in [0.25, 0.3) is 0 Å². The molecular formula is C12H16N6O5. The van der Waals surface area contributed by atoms with E-state index in [1.54, 1.807) is 0 Å². The van der Waals surface area contributed by atoms with Gasteiger partial charge in [0.05, 0.1) is 6.61 Å². The molecule has 23 heavy (non-hydrogen) atoms. The van der Waals surface area contributed by atoms with E-state index < -0.39 is 40.9 Å². The summed E-state index contributed by atoms with van der Waals surface area (Å²) in [5.41, 5.74) is 5.95. The summed E-state index contributed by atoms with van der Waals surface area (Å²) in [6, 6.07) is 1.31. The molecule has 124 valence electrons. The molecule has 5 N–H and O–H groups in total. The Morgan fingerprint density at radius 3 is 2.74 bits per heavy atom. The maximum Gasteiger partial charge on any atom is 0.351 e. The predicted octanol–water partition coefficient (Wildman–Crippen LogP) is -1.14. The Bertz CT molecular complexity index is 788. The van der Waals surface area contributed by atoms with E-state index in [-0.39, 0.29) is 5.82 Å². The number of hydrogen-bond donors (Lipinski definition) is 4. The second-order valence-corrected chi connectivity index (χ2v) is 6.25. The lowest BCUT2D eigenvalue weighted by atomic mass is 9.97. The van der Waals surface area contributed by atoms with Crippen LogP contribution < -0.4 is 11.4 Å². The van der Waals surface area contributed by atoms with E-state index in [4.69, 9.17) is 16.0 Å². The van der Waals surface area contributed by atoms with Crippen molar-refractivity contribution in [3.8, 4) is 0 Å². The fraction of sp³-hybridized carbons (Fsp3) is 0.667. The van der Waals surface area contributed by atoms with E-state index in [9.17, 15) is 20.1 Å². The van der Waals surface area contributed by atoms with Crippen LogP contribution in [0.4, 0.5) is 5.82 Å². The zero-order chi connectivity index (χ0) is 17.3. The molecule has 1 aromatic rings. The van der Waals surface area contributed by atoms with Gasteiger partial charge in [-0.25, -0.2) is 4.79 Å². The van der Waals surface area contributed by atoms with Crippen LogP contribution in [0.15, 0.2) is 22.2 Å². The van der Waals surface area contributed by atoms with Crippen molar-refractivity contribution < 1.29 is 20.1 Å². The molecule has 2 aliphatic rings. The average Bonchev–Trinajstić information content (AvgIpc) is 2.73. The molecule has 1 aliphatic carbocycles. The maximum atomic E-state index is 12.0. The number of anilines is 1. The summed E-state index contributed by atoms with van der Waals surface area (Å²) in [4.78, 5) is 18.2. The number of hydrogen-bond acceptors (Lipinski definition) is 8. The Balaban J connectivity index is 2.22. The highest BCUT2D eigenvalue weighted by molar-refractivity contribution is 5.43. The van der Waals surface area contributed by atoms with Crippen LogP contribution in [0, 0.1) is 5.41 Å². The predicted molar refractivity (Wildman–Crippen MR) is 75.7 cm³/mol. The highest BCUT2D eigenvalue weighted by Crippen LogP contribution is 2.78. The number of ether oxygens (including phenoxy) is 1. The molecule has 1 saturated carbocycles. The third-order valence-electron chi connectivity index (χ3n) is 5.10. The van der Waals surface area contributed by atoms with Gasteiger partial charge in [0.15, 0.2) is 11.8 Å². The van der Waals surface area contributed by atoms with Gasteiger partial charge in [-0.2, -0.15) is 4.98 Å². The molecule has 0 radical (unpaired) electrons. The van der Waals surface area contributed by atoms with Crippen molar-refractivity contribution in [1.82, 2.24) is 9.55 Å². The van der Waals surface area contributed by atoms with Crippen molar-refractivity contribution in [2.75, 3.05) is 12.3 Å². The SMILES string of the molecule is CC1(C)[C@]2(O)[C@@]1(O)[C@H](n1ccc(N)nc1=O)O[C@@]2(CO)N=[N+]=[N-]. The molecule has 1 aliphatic heterocycles. The number of nitrogen functional groups attached to an aromatic ring is 1. The van der Waals surface area contributed by atoms with Crippen molar-refractivity contribution in [3.63, 3.8) is 0 Å². The van der Waals surface area contributed by atoms with Crippen LogP contribution in [-0.2, 0) is 4.74 Å².